The van der Waals surface area contributed by atoms with Crippen LogP contribution in [0.25, 0.3) is 11.0 Å². The maximum atomic E-state index is 12.5. The van der Waals surface area contributed by atoms with Crippen LogP contribution in [0.15, 0.2) is 42.5 Å². The highest BCUT2D eigenvalue weighted by atomic mass is 16.1. The first-order valence-electron chi connectivity index (χ1n) is 9.64. The van der Waals surface area contributed by atoms with Crippen molar-refractivity contribution in [1.82, 2.24) is 25.2 Å². The summed E-state index contributed by atoms with van der Waals surface area (Å²) in [6.07, 6.45) is 2.62. The zero-order valence-electron chi connectivity index (χ0n) is 15.7. The lowest BCUT2D eigenvalue weighted by Gasteiger charge is -2.14. The van der Waals surface area contributed by atoms with Crippen molar-refractivity contribution in [3.8, 4) is 0 Å². The van der Waals surface area contributed by atoms with Crippen LogP contribution in [-0.2, 0) is 19.6 Å². The second-order valence-corrected chi connectivity index (χ2v) is 7.09. The summed E-state index contributed by atoms with van der Waals surface area (Å²) in [5.41, 5.74) is 4.73. The first-order chi connectivity index (χ1) is 13.2. The van der Waals surface area contributed by atoms with Gasteiger partial charge in [-0.1, -0.05) is 29.5 Å². The van der Waals surface area contributed by atoms with Crippen LogP contribution in [0.2, 0.25) is 0 Å². The minimum absolute atomic E-state index is 0.0934. The highest BCUT2D eigenvalue weighted by Gasteiger charge is 2.12. The number of benzene rings is 2. The lowest BCUT2D eigenvalue weighted by Crippen LogP contribution is -2.22. The van der Waals surface area contributed by atoms with E-state index in [1.807, 2.05) is 23.7 Å². The van der Waals surface area contributed by atoms with Crippen LogP contribution in [0.1, 0.15) is 41.3 Å². The molecule has 0 radical (unpaired) electrons. The number of aryl methyl sites for hydroxylation is 1. The Bertz CT molecular complexity index is 925. The number of likely N-dealkylation sites (tertiary alicyclic amines) is 1. The van der Waals surface area contributed by atoms with Crippen molar-refractivity contribution in [1.29, 1.82) is 0 Å². The Balaban J connectivity index is 1.35. The fourth-order valence-electron chi connectivity index (χ4n) is 3.59. The summed E-state index contributed by atoms with van der Waals surface area (Å²) in [7, 11) is 0. The molecule has 0 atom stereocenters. The third kappa shape index (κ3) is 4.01. The van der Waals surface area contributed by atoms with Crippen molar-refractivity contribution >= 4 is 16.9 Å². The number of carbonyl (C=O) groups excluding carboxylic acids is 1. The number of rotatable bonds is 6. The summed E-state index contributed by atoms with van der Waals surface area (Å²) < 4.78 is 1.82. The largest absolute Gasteiger partial charge is 0.348 e. The lowest BCUT2D eigenvalue weighted by atomic mass is 10.1. The first kappa shape index (κ1) is 17.7. The van der Waals surface area contributed by atoms with E-state index in [2.05, 4.69) is 44.8 Å². The number of hydrogen-bond acceptors (Lipinski definition) is 4. The average Bonchev–Trinajstić information content (AvgIpc) is 3.36. The topological polar surface area (TPSA) is 63.1 Å². The standard InChI is InChI=1S/C21H25N5O/c1-2-26-20-10-9-18(13-19(20)23-24-26)21(27)22-14-16-5-7-17(8-6-16)15-25-11-3-4-12-25/h5-10,13H,2-4,11-12,14-15H2,1H3,(H,22,27). The fraction of sp³-hybridized carbons (Fsp3) is 0.381. The zero-order chi connectivity index (χ0) is 18.6. The van der Waals surface area contributed by atoms with E-state index in [4.69, 9.17) is 0 Å². The molecule has 1 fully saturated rings. The monoisotopic (exact) mass is 363 g/mol. The van der Waals surface area contributed by atoms with Gasteiger partial charge in [0.1, 0.15) is 5.52 Å². The van der Waals surface area contributed by atoms with Gasteiger partial charge < -0.3 is 5.32 Å². The minimum Gasteiger partial charge on any atom is -0.348 e. The molecule has 4 rings (SSSR count). The molecule has 27 heavy (non-hydrogen) atoms. The molecule has 1 aliphatic heterocycles. The van der Waals surface area contributed by atoms with E-state index in [9.17, 15) is 4.79 Å². The number of amides is 1. The Kier molecular flexibility index (Phi) is 5.16. The predicted molar refractivity (Wildman–Crippen MR) is 105 cm³/mol. The first-order valence-corrected chi connectivity index (χ1v) is 9.64. The quantitative estimate of drug-likeness (QED) is 0.731. The summed E-state index contributed by atoms with van der Waals surface area (Å²) >= 11 is 0. The van der Waals surface area contributed by atoms with Crippen molar-refractivity contribution < 1.29 is 4.79 Å². The van der Waals surface area contributed by atoms with Gasteiger partial charge in [0, 0.05) is 25.2 Å². The molecule has 0 spiro atoms. The third-order valence-electron chi connectivity index (χ3n) is 5.16. The molecular weight excluding hydrogens is 338 g/mol. The van der Waals surface area contributed by atoms with E-state index in [1.54, 1.807) is 6.07 Å². The highest BCUT2D eigenvalue weighted by Crippen LogP contribution is 2.15. The molecule has 1 aromatic heterocycles. The van der Waals surface area contributed by atoms with E-state index < -0.39 is 0 Å². The molecule has 2 aromatic carbocycles. The van der Waals surface area contributed by atoms with Crippen LogP contribution in [0, 0.1) is 0 Å². The van der Waals surface area contributed by atoms with Gasteiger partial charge >= 0.3 is 0 Å². The van der Waals surface area contributed by atoms with E-state index in [-0.39, 0.29) is 5.91 Å². The maximum absolute atomic E-state index is 12.5. The van der Waals surface area contributed by atoms with Crippen LogP contribution in [0.4, 0.5) is 0 Å². The summed E-state index contributed by atoms with van der Waals surface area (Å²) in [6.45, 7) is 6.72. The van der Waals surface area contributed by atoms with Gasteiger partial charge in [0.15, 0.2) is 0 Å². The molecule has 0 unspecified atom stereocenters. The molecule has 0 saturated carbocycles. The van der Waals surface area contributed by atoms with Crippen LogP contribution < -0.4 is 5.32 Å². The smallest absolute Gasteiger partial charge is 0.251 e. The minimum atomic E-state index is -0.0934. The summed E-state index contributed by atoms with van der Waals surface area (Å²) in [5, 5.41) is 11.2. The lowest BCUT2D eigenvalue weighted by molar-refractivity contribution is 0.0951. The number of hydrogen-bond donors (Lipinski definition) is 1. The Morgan fingerprint density at radius 3 is 2.56 bits per heavy atom. The van der Waals surface area contributed by atoms with Gasteiger partial charge in [-0.05, 0) is 62.2 Å². The second kappa shape index (κ2) is 7.88. The molecule has 1 aliphatic rings. The second-order valence-electron chi connectivity index (χ2n) is 7.09. The Hall–Kier alpha value is -2.73. The SMILES string of the molecule is CCn1nnc2cc(C(=O)NCc3ccc(CN4CCCC4)cc3)ccc21. The molecule has 140 valence electrons. The summed E-state index contributed by atoms with van der Waals surface area (Å²) in [5.74, 6) is -0.0934. The van der Waals surface area contributed by atoms with E-state index in [0.29, 0.717) is 12.1 Å². The van der Waals surface area contributed by atoms with Crippen LogP contribution in [0.3, 0.4) is 0 Å². The maximum Gasteiger partial charge on any atom is 0.251 e. The number of carbonyl (C=O) groups is 1. The normalized spacial score (nSPS) is 14.7. The van der Waals surface area contributed by atoms with Crippen molar-refractivity contribution in [2.45, 2.75) is 39.4 Å². The summed E-state index contributed by atoms with van der Waals surface area (Å²) in [6, 6.07) is 14.0. The Morgan fingerprint density at radius 2 is 1.81 bits per heavy atom. The molecule has 1 saturated heterocycles. The van der Waals surface area contributed by atoms with Crippen molar-refractivity contribution in [3.63, 3.8) is 0 Å². The van der Waals surface area contributed by atoms with Crippen molar-refractivity contribution in [2.24, 2.45) is 0 Å². The molecule has 0 bridgehead atoms. The number of fused-ring (bicyclic) bond motifs is 1. The van der Waals surface area contributed by atoms with Gasteiger partial charge in [-0.3, -0.25) is 9.69 Å². The molecule has 1 N–H and O–H groups in total. The average molecular weight is 363 g/mol. The molecule has 1 amide bonds. The van der Waals surface area contributed by atoms with Gasteiger partial charge in [-0.25, -0.2) is 4.68 Å². The fourth-order valence-corrected chi connectivity index (χ4v) is 3.59. The number of aromatic nitrogens is 3. The van der Waals surface area contributed by atoms with Gasteiger partial charge in [0.2, 0.25) is 0 Å². The van der Waals surface area contributed by atoms with Gasteiger partial charge in [0.05, 0.1) is 5.52 Å². The zero-order valence-corrected chi connectivity index (χ0v) is 15.7. The van der Waals surface area contributed by atoms with Crippen LogP contribution >= 0.6 is 0 Å². The third-order valence-corrected chi connectivity index (χ3v) is 5.16. The molecule has 0 aliphatic carbocycles. The van der Waals surface area contributed by atoms with Gasteiger partial charge in [-0.2, -0.15) is 0 Å². The molecule has 6 nitrogen and oxygen atoms in total. The number of nitrogens with one attached hydrogen (secondary N) is 1. The van der Waals surface area contributed by atoms with Crippen molar-refractivity contribution in [2.75, 3.05) is 13.1 Å². The van der Waals surface area contributed by atoms with E-state index in [0.717, 1.165) is 29.7 Å². The van der Waals surface area contributed by atoms with Crippen molar-refractivity contribution in [3.05, 3.63) is 59.2 Å². The van der Waals surface area contributed by atoms with E-state index in [1.165, 1.54) is 31.5 Å². The highest BCUT2D eigenvalue weighted by molar-refractivity contribution is 5.97. The number of nitrogens with zero attached hydrogens (tertiary/aromatic N) is 4. The van der Waals surface area contributed by atoms with Crippen LogP contribution in [-0.4, -0.2) is 38.9 Å². The van der Waals surface area contributed by atoms with Gasteiger partial charge in [0.25, 0.3) is 5.91 Å². The molecule has 6 heteroatoms. The molecular formula is C21H25N5O. The van der Waals surface area contributed by atoms with Crippen LogP contribution in [0.5, 0.6) is 0 Å². The Morgan fingerprint density at radius 1 is 1.07 bits per heavy atom. The predicted octanol–water partition coefficient (Wildman–Crippen LogP) is 2.98. The van der Waals surface area contributed by atoms with Gasteiger partial charge in [-0.15, -0.1) is 5.10 Å². The molecule has 2 heterocycles. The summed E-state index contributed by atoms with van der Waals surface area (Å²) in [4.78, 5) is 15.0. The molecule has 3 aromatic rings. The Labute approximate surface area is 159 Å². The van der Waals surface area contributed by atoms with E-state index >= 15 is 0 Å².